The summed E-state index contributed by atoms with van der Waals surface area (Å²) in [6.45, 7) is 4.05. The number of aliphatic hydroxyl groups is 1. The van der Waals surface area contributed by atoms with E-state index < -0.39 is 23.5 Å². The van der Waals surface area contributed by atoms with E-state index in [-0.39, 0.29) is 20.0 Å². The van der Waals surface area contributed by atoms with Crippen LogP contribution in [0.25, 0.3) is 0 Å². The predicted molar refractivity (Wildman–Crippen MR) is 127 cm³/mol. The van der Waals surface area contributed by atoms with Gasteiger partial charge in [-0.05, 0) is 42.7 Å². The smallest absolute Gasteiger partial charge is 0.412 e. The maximum atomic E-state index is 12.9. The Labute approximate surface area is 203 Å². The summed E-state index contributed by atoms with van der Waals surface area (Å²) >= 11 is 0. The van der Waals surface area contributed by atoms with Crippen LogP contribution in [0.4, 0.5) is 10.5 Å². The summed E-state index contributed by atoms with van der Waals surface area (Å²) in [5, 5.41) is 20.4. The van der Waals surface area contributed by atoms with Crippen molar-refractivity contribution in [1.82, 2.24) is 5.48 Å². The molecular weight excluding hydrogens is 456 g/mol. The molecule has 0 saturated carbocycles. The molecular formula is C25H30N2O8. The Bertz CT molecular complexity index is 1050. The van der Waals surface area contributed by atoms with Crippen molar-refractivity contribution in [3.05, 3.63) is 60.2 Å². The van der Waals surface area contributed by atoms with Crippen LogP contribution in [0.1, 0.15) is 38.4 Å². The zero-order valence-corrected chi connectivity index (χ0v) is 19.7. The van der Waals surface area contributed by atoms with Gasteiger partial charge in [0.15, 0.2) is 11.5 Å². The number of hydroxylamine groups is 1. The molecule has 0 bridgehead atoms. The van der Waals surface area contributed by atoms with E-state index in [1.54, 1.807) is 48.0 Å². The van der Waals surface area contributed by atoms with E-state index in [4.69, 9.17) is 29.3 Å². The summed E-state index contributed by atoms with van der Waals surface area (Å²) in [5.74, 6) is 1.06. The first-order valence-electron chi connectivity index (χ1n) is 11.1. The van der Waals surface area contributed by atoms with Gasteiger partial charge in [-0.3, -0.25) is 15.3 Å². The fraction of sp³-hybridized carbons (Fsp3) is 0.360. The largest absolute Gasteiger partial charge is 0.491 e. The number of ether oxygens (including phenoxy) is 4. The minimum atomic E-state index is -0.672. The summed E-state index contributed by atoms with van der Waals surface area (Å²) in [7, 11) is 0. The molecule has 0 aromatic heterocycles. The standard InChI is InChI=1S/C25H30N2O8/c1-25(2,11-4-3-8-22(29)27-31)23(17-6-5-7-19(14-17)32-13-12-28)35-24(30)26-18-9-10-20-21(15-18)34-16-33-20/h3,5-10,14-15,23,28,31H,4,11-13,16H2,1-2H3,(H,26,30)(H,27,29)/b8-3+/t23-/m1/s1. The fourth-order valence-corrected chi connectivity index (χ4v) is 3.65. The zero-order chi connectivity index (χ0) is 25.3. The second-order valence-corrected chi connectivity index (χ2v) is 8.53. The number of fused-ring (bicyclic) bond motifs is 1. The maximum absolute atomic E-state index is 12.9. The predicted octanol–water partition coefficient (Wildman–Crippen LogP) is 3.94. The van der Waals surface area contributed by atoms with E-state index in [2.05, 4.69) is 5.32 Å². The minimum Gasteiger partial charge on any atom is -0.491 e. The molecule has 3 rings (SSSR count). The van der Waals surface area contributed by atoms with Crippen molar-refractivity contribution in [2.75, 3.05) is 25.3 Å². The highest BCUT2D eigenvalue weighted by molar-refractivity contribution is 5.86. The van der Waals surface area contributed by atoms with Crippen LogP contribution in [0, 0.1) is 5.41 Å². The summed E-state index contributed by atoms with van der Waals surface area (Å²) in [5.41, 5.74) is 2.20. The molecule has 4 N–H and O–H groups in total. The van der Waals surface area contributed by atoms with Crippen molar-refractivity contribution >= 4 is 17.7 Å². The second kappa shape index (κ2) is 12.1. The number of hydrogen-bond acceptors (Lipinski definition) is 8. The van der Waals surface area contributed by atoms with Crippen molar-refractivity contribution in [3.63, 3.8) is 0 Å². The lowest BCUT2D eigenvalue weighted by Crippen LogP contribution is -2.29. The van der Waals surface area contributed by atoms with E-state index >= 15 is 0 Å². The third-order valence-corrected chi connectivity index (χ3v) is 5.41. The van der Waals surface area contributed by atoms with Crippen LogP contribution in [0.5, 0.6) is 17.2 Å². The lowest BCUT2D eigenvalue weighted by atomic mass is 9.78. The monoisotopic (exact) mass is 486 g/mol. The molecule has 2 aromatic rings. The van der Waals surface area contributed by atoms with Crippen LogP contribution in [0.2, 0.25) is 0 Å². The van der Waals surface area contributed by atoms with E-state index in [0.717, 1.165) is 0 Å². The quantitative estimate of drug-likeness (QED) is 0.213. The number of carbonyl (C=O) groups is 2. The number of hydrogen-bond donors (Lipinski definition) is 4. The summed E-state index contributed by atoms with van der Waals surface area (Å²) in [4.78, 5) is 24.1. The minimum absolute atomic E-state index is 0.124. The molecule has 10 heteroatoms. The molecule has 1 atom stereocenters. The summed E-state index contributed by atoms with van der Waals surface area (Å²) in [6.07, 6.45) is 2.61. The lowest BCUT2D eigenvalue weighted by Gasteiger charge is -2.34. The molecule has 0 aliphatic carbocycles. The van der Waals surface area contributed by atoms with Gasteiger partial charge in [-0.2, -0.15) is 0 Å². The third-order valence-electron chi connectivity index (χ3n) is 5.41. The molecule has 0 spiro atoms. The maximum Gasteiger partial charge on any atom is 0.412 e. The molecule has 1 heterocycles. The van der Waals surface area contributed by atoms with E-state index in [1.165, 1.54) is 6.08 Å². The first kappa shape index (κ1) is 25.9. The number of amides is 2. The SMILES string of the molecule is CC(C)(CC/C=C/C(=O)NO)[C@H](OC(=O)Nc1ccc2c(c1)OCO2)c1cccc(OCCO)c1. The van der Waals surface area contributed by atoms with Crippen LogP contribution < -0.4 is 25.0 Å². The molecule has 1 aliphatic rings. The first-order chi connectivity index (χ1) is 16.8. The second-order valence-electron chi connectivity index (χ2n) is 8.53. The topological polar surface area (TPSA) is 136 Å². The van der Waals surface area contributed by atoms with Crippen LogP contribution in [0.3, 0.4) is 0 Å². The van der Waals surface area contributed by atoms with Gasteiger partial charge in [0, 0.05) is 23.2 Å². The molecule has 1 aliphatic heterocycles. The Hall–Kier alpha value is -3.76. The number of nitrogens with one attached hydrogen (secondary N) is 2. The molecule has 10 nitrogen and oxygen atoms in total. The Morgan fingerprint density at radius 3 is 2.74 bits per heavy atom. The number of rotatable bonds is 11. The van der Waals surface area contributed by atoms with Crippen LogP contribution in [-0.2, 0) is 9.53 Å². The van der Waals surface area contributed by atoms with Crippen molar-refractivity contribution in [1.29, 1.82) is 0 Å². The molecule has 0 saturated heterocycles. The van der Waals surface area contributed by atoms with Crippen molar-refractivity contribution in [2.45, 2.75) is 32.8 Å². The van der Waals surface area contributed by atoms with Gasteiger partial charge in [-0.25, -0.2) is 10.3 Å². The number of benzene rings is 2. The average molecular weight is 487 g/mol. The summed E-state index contributed by atoms with van der Waals surface area (Å²) in [6, 6.07) is 12.2. The molecule has 2 amide bonds. The fourth-order valence-electron chi connectivity index (χ4n) is 3.65. The molecule has 0 unspecified atom stereocenters. The van der Waals surface area contributed by atoms with E-state index in [0.29, 0.717) is 41.3 Å². The molecule has 2 aromatic carbocycles. The van der Waals surface area contributed by atoms with Crippen LogP contribution >= 0.6 is 0 Å². The van der Waals surface area contributed by atoms with Gasteiger partial charge in [0.05, 0.1) is 6.61 Å². The zero-order valence-electron chi connectivity index (χ0n) is 19.7. The van der Waals surface area contributed by atoms with Gasteiger partial charge in [-0.1, -0.05) is 32.1 Å². The Morgan fingerprint density at radius 1 is 1.17 bits per heavy atom. The number of anilines is 1. The number of aliphatic hydroxyl groups excluding tert-OH is 1. The van der Waals surface area contributed by atoms with E-state index in [1.807, 2.05) is 19.9 Å². The Morgan fingerprint density at radius 2 is 1.97 bits per heavy atom. The van der Waals surface area contributed by atoms with Crippen LogP contribution in [0.15, 0.2) is 54.6 Å². The van der Waals surface area contributed by atoms with Crippen molar-refractivity contribution < 1.29 is 38.9 Å². The van der Waals surface area contributed by atoms with Crippen molar-refractivity contribution in [3.8, 4) is 17.2 Å². The Balaban J connectivity index is 1.78. The highest BCUT2D eigenvalue weighted by Gasteiger charge is 2.34. The van der Waals surface area contributed by atoms with Gasteiger partial charge in [0.25, 0.3) is 5.91 Å². The highest BCUT2D eigenvalue weighted by Crippen LogP contribution is 2.42. The van der Waals surface area contributed by atoms with E-state index in [9.17, 15) is 9.59 Å². The van der Waals surface area contributed by atoms with Gasteiger partial charge < -0.3 is 24.1 Å². The number of carbonyl (C=O) groups excluding carboxylic acids is 2. The van der Waals surface area contributed by atoms with Crippen molar-refractivity contribution in [2.24, 2.45) is 5.41 Å². The van der Waals surface area contributed by atoms with Gasteiger partial charge in [-0.15, -0.1) is 0 Å². The highest BCUT2D eigenvalue weighted by atomic mass is 16.7. The number of allylic oxidation sites excluding steroid dienone is 1. The lowest BCUT2D eigenvalue weighted by molar-refractivity contribution is -0.124. The average Bonchev–Trinajstić information content (AvgIpc) is 3.31. The third kappa shape index (κ3) is 7.36. The molecule has 188 valence electrons. The summed E-state index contributed by atoms with van der Waals surface area (Å²) < 4.78 is 22.1. The van der Waals surface area contributed by atoms with Gasteiger partial charge in [0.2, 0.25) is 6.79 Å². The van der Waals surface area contributed by atoms with Gasteiger partial charge in [0.1, 0.15) is 18.5 Å². The normalized spacial score (nSPS) is 13.4. The Kier molecular flexibility index (Phi) is 8.93. The first-order valence-corrected chi connectivity index (χ1v) is 11.1. The molecule has 0 fully saturated rings. The molecule has 0 radical (unpaired) electrons. The molecule has 35 heavy (non-hydrogen) atoms. The van der Waals surface area contributed by atoms with Crippen LogP contribution in [-0.4, -0.2) is 42.3 Å². The van der Waals surface area contributed by atoms with Gasteiger partial charge >= 0.3 is 6.09 Å².